The average Bonchev–Trinajstić information content (AvgIpc) is 3.51. The number of aromatic amines is 1. The molecule has 6 nitrogen and oxygen atoms in total. The maximum absolute atomic E-state index is 13.8. The summed E-state index contributed by atoms with van der Waals surface area (Å²) in [5.41, 5.74) is 6.65. The second-order valence-electron chi connectivity index (χ2n) is 9.98. The van der Waals surface area contributed by atoms with E-state index < -0.39 is 0 Å². The van der Waals surface area contributed by atoms with E-state index in [1.807, 2.05) is 42.3 Å². The molecule has 5 rings (SSSR count). The first-order chi connectivity index (χ1) is 15.7. The van der Waals surface area contributed by atoms with E-state index >= 15 is 0 Å². The van der Waals surface area contributed by atoms with Gasteiger partial charge in [0.05, 0.1) is 28.3 Å². The Kier molecular flexibility index (Phi) is 4.96. The van der Waals surface area contributed by atoms with E-state index in [9.17, 15) is 4.79 Å². The number of likely N-dealkylation sites (tertiary alicyclic amines) is 1. The highest BCUT2D eigenvalue weighted by Crippen LogP contribution is 2.36. The van der Waals surface area contributed by atoms with Crippen molar-refractivity contribution in [3.8, 4) is 5.69 Å². The summed E-state index contributed by atoms with van der Waals surface area (Å²) in [4.78, 5) is 24.1. The molecule has 2 aromatic heterocycles. The van der Waals surface area contributed by atoms with Crippen LogP contribution in [0.3, 0.4) is 0 Å². The Hall–Kier alpha value is -3.67. The van der Waals surface area contributed by atoms with Gasteiger partial charge < -0.3 is 9.88 Å². The summed E-state index contributed by atoms with van der Waals surface area (Å²) in [6.07, 6.45) is 4.27. The fourth-order valence-electron chi connectivity index (χ4n) is 4.49. The first kappa shape index (κ1) is 21.2. The smallest absolute Gasteiger partial charge is 0.256 e. The van der Waals surface area contributed by atoms with E-state index in [0.29, 0.717) is 18.5 Å². The number of hydrogen-bond acceptors (Lipinski definition) is 3. The molecule has 0 aliphatic carbocycles. The summed E-state index contributed by atoms with van der Waals surface area (Å²) in [6.45, 7) is 13.3. The van der Waals surface area contributed by atoms with Gasteiger partial charge in [-0.15, -0.1) is 0 Å². The van der Waals surface area contributed by atoms with Gasteiger partial charge in [-0.25, -0.2) is 9.67 Å². The molecule has 6 heteroatoms. The number of nitrogens with zero attached hydrogens (tertiary/aromatic N) is 4. The summed E-state index contributed by atoms with van der Waals surface area (Å²) >= 11 is 0. The second kappa shape index (κ2) is 7.73. The third-order valence-corrected chi connectivity index (χ3v) is 6.33. The van der Waals surface area contributed by atoms with Crippen molar-refractivity contribution in [3.05, 3.63) is 89.5 Å². The quantitative estimate of drug-likeness (QED) is 0.429. The number of fused-ring (bicyclic) bond motifs is 1. The number of aromatic nitrogens is 4. The van der Waals surface area contributed by atoms with Gasteiger partial charge in [0.15, 0.2) is 0 Å². The third kappa shape index (κ3) is 3.86. The molecule has 33 heavy (non-hydrogen) atoms. The Balaban J connectivity index is 1.54. The van der Waals surface area contributed by atoms with Crippen LogP contribution in [0.15, 0.2) is 67.0 Å². The van der Waals surface area contributed by atoms with Gasteiger partial charge in [0.2, 0.25) is 0 Å². The molecule has 1 unspecified atom stereocenters. The van der Waals surface area contributed by atoms with E-state index in [0.717, 1.165) is 33.7 Å². The van der Waals surface area contributed by atoms with E-state index in [4.69, 9.17) is 4.98 Å². The summed E-state index contributed by atoms with van der Waals surface area (Å²) < 4.78 is 1.74. The Morgan fingerprint density at radius 1 is 1.18 bits per heavy atom. The molecule has 1 aliphatic heterocycles. The molecule has 0 radical (unpaired) electrons. The van der Waals surface area contributed by atoms with Gasteiger partial charge in [0.25, 0.3) is 5.91 Å². The summed E-state index contributed by atoms with van der Waals surface area (Å²) in [6, 6.07) is 13.9. The lowest BCUT2D eigenvalue weighted by Gasteiger charge is -2.24. The van der Waals surface area contributed by atoms with Gasteiger partial charge in [-0.1, -0.05) is 50.6 Å². The Labute approximate surface area is 194 Å². The lowest BCUT2D eigenvalue weighted by atomic mass is 9.87. The van der Waals surface area contributed by atoms with Crippen molar-refractivity contribution >= 4 is 16.9 Å². The number of rotatable bonds is 3. The SMILES string of the molecule is C=C1CC(c2nc3cc(C(C)(C)C)ccc3[nH]2)N(C(=O)c2cc(C)ccc2-n2cccn2)C1. The van der Waals surface area contributed by atoms with Crippen LogP contribution in [0.5, 0.6) is 0 Å². The molecule has 0 saturated carbocycles. The fourth-order valence-corrected chi connectivity index (χ4v) is 4.49. The number of amides is 1. The van der Waals surface area contributed by atoms with Crippen LogP contribution in [0.25, 0.3) is 16.7 Å². The van der Waals surface area contributed by atoms with E-state index in [2.05, 4.69) is 55.6 Å². The number of H-pyrrole nitrogens is 1. The molecule has 1 amide bonds. The van der Waals surface area contributed by atoms with Gasteiger partial charge in [-0.2, -0.15) is 5.10 Å². The van der Waals surface area contributed by atoms with E-state index in [1.165, 1.54) is 5.56 Å². The Morgan fingerprint density at radius 3 is 2.73 bits per heavy atom. The number of imidazole rings is 1. The number of carbonyl (C=O) groups excluding carboxylic acids is 1. The predicted molar refractivity (Wildman–Crippen MR) is 131 cm³/mol. The number of aryl methyl sites for hydroxylation is 1. The van der Waals surface area contributed by atoms with Crippen LogP contribution in [0.2, 0.25) is 0 Å². The van der Waals surface area contributed by atoms with Crippen molar-refractivity contribution in [1.29, 1.82) is 0 Å². The molecule has 1 fully saturated rings. The van der Waals surface area contributed by atoms with Crippen LogP contribution >= 0.6 is 0 Å². The van der Waals surface area contributed by atoms with Gasteiger partial charge in [0, 0.05) is 18.9 Å². The first-order valence-electron chi connectivity index (χ1n) is 11.3. The molecular formula is C27H29N5O. The highest BCUT2D eigenvalue weighted by atomic mass is 16.2. The van der Waals surface area contributed by atoms with Crippen LogP contribution in [0, 0.1) is 6.92 Å². The van der Waals surface area contributed by atoms with Crippen LogP contribution in [0.1, 0.15) is 60.5 Å². The molecule has 1 N–H and O–H groups in total. The largest absolute Gasteiger partial charge is 0.340 e. The average molecular weight is 440 g/mol. The minimum absolute atomic E-state index is 0.0383. The Morgan fingerprint density at radius 2 is 2.00 bits per heavy atom. The van der Waals surface area contributed by atoms with Crippen LogP contribution in [0.4, 0.5) is 0 Å². The number of nitrogens with one attached hydrogen (secondary N) is 1. The topological polar surface area (TPSA) is 66.8 Å². The fraction of sp³-hybridized carbons (Fsp3) is 0.296. The molecule has 3 heterocycles. The molecule has 1 saturated heterocycles. The van der Waals surface area contributed by atoms with Crippen molar-refractivity contribution < 1.29 is 4.79 Å². The highest BCUT2D eigenvalue weighted by Gasteiger charge is 2.35. The summed E-state index contributed by atoms with van der Waals surface area (Å²) in [7, 11) is 0. The molecule has 4 aromatic rings. The lowest BCUT2D eigenvalue weighted by molar-refractivity contribution is 0.0732. The maximum Gasteiger partial charge on any atom is 0.256 e. The van der Waals surface area contributed by atoms with Crippen LogP contribution < -0.4 is 0 Å². The zero-order valence-electron chi connectivity index (χ0n) is 19.6. The molecule has 1 aliphatic rings. The van der Waals surface area contributed by atoms with Gasteiger partial charge in [0.1, 0.15) is 5.82 Å². The molecule has 168 valence electrons. The normalized spacial score (nSPS) is 16.7. The first-order valence-corrected chi connectivity index (χ1v) is 11.3. The van der Waals surface area contributed by atoms with Crippen molar-refractivity contribution in [3.63, 3.8) is 0 Å². The Bertz CT molecular complexity index is 1360. The van der Waals surface area contributed by atoms with Gasteiger partial charge in [-0.05, 0) is 54.7 Å². The zero-order valence-corrected chi connectivity index (χ0v) is 19.6. The molecule has 0 spiro atoms. The lowest BCUT2D eigenvalue weighted by Crippen LogP contribution is -2.32. The van der Waals surface area contributed by atoms with E-state index in [1.54, 1.807) is 10.9 Å². The third-order valence-electron chi connectivity index (χ3n) is 6.33. The number of hydrogen-bond donors (Lipinski definition) is 1. The molecular weight excluding hydrogens is 410 g/mol. The monoisotopic (exact) mass is 439 g/mol. The van der Waals surface area contributed by atoms with Gasteiger partial charge in [-0.3, -0.25) is 4.79 Å². The molecule has 0 bridgehead atoms. The summed E-state index contributed by atoms with van der Waals surface area (Å²) in [5.74, 6) is 0.764. The second-order valence-corrected chi connectivity index (χ2v) is 9.98. The van der Waals surface area contributed by atoms with Crippen molar-refractivity contribution in [1.82, 2.24) is 24.6 Å². The minimum atomic E-state index is -0.179. The van der Waals surface area contributed by atoms with Gasteiger partial charge >= 0.3 is 0 Å². The standard InChI is InChI=1S/C27H29N5O/c1-17-7-10-23(32-12-6-11-28-32)20(13-17)26(33)31-16-18(2)14-24(31)25-29-21-9-8-19(27(3,4)5)15-22(21)30-25/h6-13,15,24H,2,14,16H2,1,3-5H3,(H,29,30). The van der Waals surface area contributed by atoms with Crippen LogP contribution in [-0.4, -0.2) is 37.1 Å². The molecule has 1 atom stereocenters. The minimum Gasteiger partial charge on any atom is -0.340 e. The number of benzene rings is 2. The van der Waals surface area contributed by atoms with Crippen molar-refractivity contribution in [2.75, 3.05) is 6.54 Å². The van der Waals surface area contributed by atoms with Crippen molar-refractivity contribution in [2.24, 2.45) is 0 Å². The number of carbonyl (C=O) groups is 1. The molecule has 2 aromatic carbocycles. The highest BCUT2D eigenvalue weighted by molar-refractivity contribution is 5.98. The zero-order chi connectivity index (χ0) is 23.3. The van der Waals surface area contributed by atoms with E-state index in [-0.39, 0.29) is 17.4 Å². The maximum atomic E-state index is 13.8. The van der Waals surface area contributed by atoms with Crippen molar-refractivity contribution in [2.45, 2.75) is 45.6 Å². The van der Waals surface area contributed by atoms with Crippen LogP contribution in [-0.2, 0) is 5.41 Å². The predicted octanol–water partition coefficient (Wildman–Crippen LogP) is 5.50. The summed E-state index contributed by atoms with van der Waals surface area (Å²) in [5, 5.41) is 4.34.